The Kier molecular flexibility index (Phi) is 4.93. The molecule has 19 heavy (non-hydrogen) atoms. The molecule has 0 aromatic carbocycles. The molecular formula is C13H22N4O2. The smallest absolute Gasteiger partial charge is 0.293 e. The van der Waals surface area contributed by atoms with Crippen LogP contribution in [-0.2, 0) is 4.74 Å². The van der Waals surface area contributed by atoms with E-state index < -0.39 is 0 Å². The number of nitrogens with two attached hydrogens (primary N) is 1. The van der Waals surface area contributed by atoms with Crippen LogP contribution in [0, 0.1) is 0 Å². The maximum Gasteiger partial charge on any atom is 0.293 e. The summed E-state index contributed by atoms with van der Waals surface area (Å²) in [5, 5.41) is 0. The number of methoxy groups -OCH3 is 1. The Balaban J connectivity index is 2.19. The Morgan fingerprint density at radius 3 is 2.95 bits per heavy atom. The summed E-state index contributed by atoms with van der Waals surface area (Å²) in [7, 11) is 1.65. The molecule has 2 rings (SSSR count). The van der Waals surface area contributed by atoms with Crippen molar-refractivity contribution in [3.8, 4) is 0 Å². The van der Waals surface area contributed by atoms with Crippen molar-refractivity contribution >= 4 is 5.82 Å². The van der Waals surface area contributed by atoms with E-state index in [1.165, 1.54) is 0 Å². The van der Waals surface area contributed by atoms with Crippen molar-refractivity contribution < 1.29 is 4.74 Å². The average Bonchev–Trinajstić information content (AvgIpc) is 3.24. The van der Waals surface area contributed by atoms with Gasteiger partial charge in [0.15, 0.2) is 5.82 Å². The van der Waals surface area contributed by atoms with Crippen LogP contribution in [0.5, 0.6) is 0 Å². The van der Waals surface area contributed by atoms with Gasteiger partial charge in [0, 0.05) is 38.6 Å². The molecular weight excluding hydrogens is 244 g/mol. The normalized spacial score (nSPS) is 14.6. The second kappa shape index (κ2) is 6.68. The number of anilines is 1. The van der Waals surface area contributed by atoms with Crippen molar-refractivity contribution in [2.24, 2.45) is 5.73 Å². The summed E-state index contributed by atoms with van der Waals surface area (Å²) in [6.07, 6.45) is 6.50. The van der Waals surface area contributed by atoms with Crippen molar-refractivity contribution in [1.82, 2.24) is 9.55 Å². The lowest BCUT2D eigenvalue weighted by Gasteiger charge is -2.23. The minimum Gasteiger partial charge on any atom is -0.383 e. The summed E-state index contributed by atoms with van der Waals surface area (Å²) in [6, 6.07) is 0.369. The molecule has 6 heteroatoms. The van der Waals surface area contributed by atoms with E-state index in [-0.39, 0.29) is 5.56 Å². The molecule has 0 amide bonds. The van der Waals surface area contributed by atoms with Crippen molar-refractivity contribution in [3.63, 3.8) is 0 Å². The first kappa shape index (κ1) is 14.0. The van der Waals surface area contributed by atoms with Crippen LogP contribution in [0.4, 0.5) is 5.82 Å². The third kappa shape index (κ3) is 3.54. The Morgan fingerprint density at radius 2 is 2.32 bits per heavy atom. The van der Waals surface area contributed by atoms with Crippen LogP contribution in [0.3, 0.4) is 0 Å². The number of nitrogens with zero attached hydrogens (tertiary/aromatic N) is 3. The SMILES string of the molecule is COCCN(CCCN)c1nccn(C2CC2)c1=O. The van der Waals surface area contributed by atoms with Gasteiger partial charge in [-0.2, -0.15) is 0 Å². The summed E-state index contributed by atoms with van der Waals surface area (Å²) in [4.78, 5) is 18.6. The number of ether oxygens (including phenoxy) is 1. The molecule has 0 aliphatic heterocycles. The molecule has 0 atom stereocenters. The molecule has 0 saturated heterocycles. The van der Waals surface area contributed by atoms with Crippen LogP contribution in [0.25, 0.3) is 0 Å². The summed E-state index contributed by atoms with van der Waals surface area (Å²) in [6.45, 7) is 2.57. The number of aromatic nitrogens is 2. The van der Waals surface area contributed by atoms with Crippen LogP contribution in [0.1, 0.15) is 25.3 Å². The van der Waals surface area contributed by atoms with E-state index in [0.29, 0.717) is 31.6 Å². The highest BCUT2D eigenvalue weighted by Gasteiger charge is 2.26. The third-order valence-corrected chi connectivity index (χ3v) is 3.29. The molecule has 1 saturated carbocycles. The second-order valence-corrected chi connectivity index (χ2v) is 4.82. The molecule has 1 aromatic heterocycles. The highest BCUT2D eigenvalue weighted by Crippen LogP contribution is 2.33. The number of hydrogen-bond acceptors (Lipinski definition) is 5. The predicted molar refractivity (Wildman–Crippen MR) is 74.5 cm³/mol. The Morgan fingerprint density at radius 1 is 1.53 bits per heavy atom. The lowest BCUT2D eigenvalue weighted by Crippen LogP contribution is -2.36. The molecule has 1 aliphatic carbocycles. The number of rotatable bonds is 8. The van der Waals surface area contributed by atoms with Gasteiger partial charge >= 0.3 is 0 Å². The zero-order valence-corrected chi connectivity index (χ0v) is 11.4. The zero-order valence-electron chi connectivity index (χ0n) is 11.4. The average molecular weight is 266 g/mol. The summed E-state index contributed by atoms with van der Waals surface area (Å²) in [5.74, 6) is 0.514. The van der Waals surface area contributed by atoms with Crippen molar-refractivity contribution in [2.75, 3.05) is 38.3 Å². The second-order valence-electron chi connectivity index (χ2n) is 4.82. The van der Waals surface area contributed by atoms with E-state index in [4.69, 9.17) is 10.5 Å². The fourth-order valence-electron chi connectivity index (χ4n) is 2.08. The zero-order chi connectivity index (χ0) is 13.7. The van der Waals surface area contributed by atoms with Gasteiger partial charge in [0.05, 0.1) is 6.61 Å². The molecule has 1 aromatic rings. The molecule has 0 bridgehead atoms. The topological polar surface area (TPSA) is 73.4 Å². The first-order valence-corrected chi connectivity index (χ1v) is 6.79. The molecule has 1 aliphatic rings. The van der Waals surface area contributed by atoms with Crippen LogP contribution in [0.15, 0.2) is 17.2 Å². The predicted octanol–water partition coefficient (Wildman–Crippen LogP) is 0.380. The van der Waals surface area contributed by atoms with Gasteiger partial charge in [-0.25, -0.2) is 4.98 Å². The molecule has 6 nitrogen and oxygen atoms in total. The van der Waals surface area contributed by atoms with Crippen LogP contribution in [-0.4, -0.2) is 42.9 Å². The Bertz CT molecular complexity index is 448. The summed E-state index contributed by atoms with van der Waals surface area (Å²) < 4.78 is 6.89. The van der Waals surface area contributed by atoms with E-state index in [1.54, 1.807) is 24.1 Å². The van der Waals surface area contributed by atoms with E-state index in [0.717, 1.165) is 25.8 Å². The van der Waals surface area contributed by atoms with Gasteiger partial charge in [-0.05, 0) is 25.8 Å². The Hall–Kier alpha value is -1.40. The van der Waals surface area contributed by atoms with Crippen molar-refractivity contribution in [2.45, 2.75) is 25.3 Å². The minimum absolute atomic E-state index is 0.00174. The fourth-order valence-corrected chi connectivity index (χ4v) is 2.08. The monoisotopic (exact) mass is 266 g/mol. The lowest BCUT2D eigenvalue weighted by molar-refractivity contribution is 0.205. The van der Waals surface area contributed by atoms with E-state index in [9.17, 15) is 4.79 Å². The van der Waals surface area contributed by atoms with Gasteiger partial charge in [0.1, 0.15) is 0 Å². The maximum absolute atomic E-state index is 12.4. The van der Waals surface area contributed by atoms with Crippen LogP contribution < -0.4 is 16.2 Å². The largest absolute Gasteiger partial charge is 0.383 e. The van der Waals surface area contributed by atoms with Gasteiger partial charge in [-0.1, -0.05) is 0 Å². The first-order valence-electron chi connectivity index (χ1n) is 6.79. The van der Waals surface area contributed by atoms with Crippen LogP contribution >= 0.6 is 0 Å². The summed E-state index contributed by atoms with van der Waals surface area (Å²) in [5.41, 5.74) is 5.55. The highest BCUT2D eigenvalue weighted by atomic mass is 16.5. The first-order chi connectivity index (χ1) is 9.27. The summed E-state index contributed by atoms with van der Waals surface area (Å²) >= 11 is 0. The highest BCUT2D eigenvalue weighted by molar-refractivity contribution is 5.35. The molecule has 1 heterocycles. The Labute approximate surface area is 113 Å². The van der Waals surface area contributed by atoms with Crippen molar-refractivity contribution in [1.29, 1.82) is 0 Å². The van der Waals surface area contributed by atoms with Gasteiger partial charge < -0.3 is 19.9 Å². The third-order valence-electron chi connectivity index (χ3n) is 3.29. The fraction of sp³-hybridized carbons (Fsp3) is 0.692. The molecule has 2 N–H and O–H groups in total. The number of hydrogen-bond donors (Lipinski definition) is 1. The van der Waals surface area contributed by atoms with E-state index in [2.05, 4.69) is 4.98 Å². The molecule has 0 unspecified atom stereocenters. The molecule has 106 valence electrons. The maximum atomic E-state index is 12.4. The van der Waals surface area contributed by atoms with Crippen LogP contribution in [0.2, 0.25) is 0 Å². The molecule has 0 spiro atoms. The van der Waals surface area contributed by atoms with E-state index in [1.807, 2.05) is 4.90 Å². The molecule has 1 fully saturated rings. The minimum atomic E-state index is -0.00174. The molecule has 0 radical (unpaired) electrons. The van der Waals surface area contributed by atoms with Gasteiger partial charge in [-0.3, -0.25) is 4.79 Å². The van der Waals surface area contributed by atoms with Crippen molar-refractivity contribution in [3.05, 3.63) is 22.7 Å². The lowest BCUT2D eigenvalue weighted by atomic mass is 10.3. The van der Waals surface area contributed by atoms with Gasteiger partial charge in [0.2, 0.25) is 0 Å². The standard InChI is InChI=1S/C13H22N4O2/c1-19-10-9-16(7-2-5-14)12-13(18)17(8-6-15-12)11-3-4-11/h6,8,11H,2-5,7,9-10,14H2,1H3. The quantitative estimate of drug-likeness (QED) is 0.736. The van der Waals surface area contributed by atoms with Gasteiger partial charge in [-0.15, -0.1) is 0 Å². The van der Waals surface area contributed by atoms with E-state index >= 15 is 0 Å². The van der Waals surface area contributed by atoms with Gasteiger partial charge in [0.25, 0.3) is 5.56 Å².